The van der Waals surface area contributed by atoms with Crippen LogP contribution < -0.4 is 0 Å². The molecule has 1 aliphatic rings. The SMILES string of the molecule is Brc1ccc2c(c1)Cc1cc(-c3ccc4sc5ccccc5c4c3)ccc1-2.Brc1ccc2c3ccc(-c4ccc5sc6ccccc6c5c4)cc3n(-c3ccccc3)c2c1.C.Ic1ccccc1. The smallest absolute Gasteiger partial charge is 0.0552 e. The predicted molar refractivity (Wildman–Crippen MR) is 313 cm³/mol. The molecule has 0 fully saturated rings. The Hall–Kier alpha value is -5.87. The Morgan fingerprint density at radius 2 is 0.809 bits per heavy atom. The van der Waals surface area contributed by atoms with E-state index in [1.807, 2.05) is 40.9 Å². The van der Waals surface area contributed by atoms with Crippen LogP contribution in [0.2, 0.25) is 0 Å². The molecule has 0 amide bonds. The molecule has 0 saturated heterocycles. The molecule has 0 radical (unpaired) electrons. The van der Waals surface area contributed by atoms with Crippen LogP contribution in [0.15, 0.2) is 227 Å². The van der Waals surface area contributed by atoms with Crippen LogP contribution in [0.5, 0.6) is 0 Å². The van der Waals surface area contributed by atoms with E-state index in [2.05, 4.69) is 259 Å². The summed E-state index contributed by atoms with van der Waals surface area (Å²) in [5.74, 6) is 0. The molecule has 3 heterocycles. The molecule has 0 aliphatic heterocycles. The minimum atomic E-state index is 0. The van der Waals surface area contributed by atoms with E-state index < -0.39 is 0 Å². The zero-order chi connectivity index (χ0) is 45.0. The molecule has 68 heavy (non-hydrogen) atoms. The molecule has 10 aromatic carbocycles. The van der Waals surface area contributed by atoms with Gasteiger partial charge in [-0.1, -0.05) is 167 Å². The van der Waals surface area contributed by atoms with Crippen molar-refractivity contribution in [2.45, 2.75) is 13.8 Å². The average Bonchev–Trinajstić information content (AvgIpc) is 4.12. The lowest BCUT2D eigenvalue weighted by Crippen LogP contribution is -1.93. The number of aromatic nitrogens is 1. The zero-order valence-corrected chi connectivity index (χ0v) is 42.9. The van der Waals surface area contributed by atoms with Crippen molar-refractivity contribution in [1.29, 1.82) is 0 Å². The largest absolute Gasteiger partial charge is 0.309 e. The van der Waals surface area contributed by atoms with Gasteiger partial charge >= 0.3 is 0 Å². The fraction of sp³-hybridized carbons (Fsp3) is 0.0323. The summed E-state index contributed by atoms with van der Waals surface area (Å²) in [7, 11) is 0. The summed E-state index contributed by atoms with van der Waals surface area (Å²) < 4.78 is 11.3. The van der Waals surface area contributed by atoms with Crippen LogP contribution in [0, 0.1) is 3.57 Å². The Balaban J connectivity index is 0.000000131. The first-order valence-electron chi connectivity index (χ1n) is 22.2. The molecular formula is C62H42Br2INS2. The number of thiophene rings is 2. The third-order valence-corrected chi connectivity index (χ3v) is 16.7. The van der Waals surface area contributed by atoms with Gasteiger partial charge in [-0.2, -0.15) is 0 Å². The third-order valence-electron chi connectivity index (χ3n) is 12.7. The van der Waals surface area contributed by atoms with Crippen LogP contribution in [0.4, 0.5) is 0 Å². The Bertz CT molecular complexity index is 4000. The molecule has 328 valence electrons. The van der Waals surface area contributed by atoms with Gasteiger partial charge in [0, 0.05) is 69.3 Å². The Morgan fingerprint density at radius 3 is 1.43 bits per heavy atom. The van der Waals surface area contributed by atoms with Crippen LogP contribution in [0.1, 0.15) is 18.6 Å². The van der Waals surface area contributed by atoms with Crippen molar-refractivity contribution in [1.82, 2.24) is 4.57 Å². The van der Waals surface area contributed by atoms with E-state index in [0.29, 0.717) is 0 Å². The predicted octanol–water partition coefficient (Wildman–Crippen LogP) is 20.6. The summed E-state index contributed by atoms with van der Waals surface area (Å²) in [5.41, 5.74) is 14.3. The van der Waals surface area contributed by atoms with Gasteiger partial charge in [-0.25, -0.2) is 0 Å². The second kappa shape index (κ2) is 18.9. The van der Waals surface area contributed by atoms with Gasteiger partial charge in [0.05, 0.1) is 11.0 Å². The summed E-state index contributed by atoms with van der Waals surface area (Å²) >= 11 is 13.3. The number of nitrogens with zero attached hydrogens (tertiary/aromatic N) is 1. The highest BCUT2D eigenvalue weighted by Gasteiger charge is 2.20. The van der Waals surface area contributed by atoms with Gasteiger partial charge < -0.3 is 4.57 Å². The molecule has 0 bridgehead atoms. The van der Waals surface area contributed by atoms with E-state index in [1.165, 1.54) is 116 Å². The van der Waals surface area contributed by atoms with Gasteiger partial charge in [0.15, 0.2) is 0 Å². The third kappa shape index (κ3) is 8.41. The number of rotatable bonds is 3. The summed E-state index contributed by atoms with van der Waals surface area (Å²) in [6, 6.07) is 79.0. The Morgan fingerprint density at radius 1 is 0.368 bits per heavy atom. The number of hydrogen-bond acceptors (Lipinski definition) is 2. The number of benzene rings is 10. The molecule has 1 aliphatic carbocycles. The van der Waals surface area contributed by atoms with Crippen molar-refractivity contribution in [2.75, 3.05) is 0 Å². The lowest BCUT2D eigenvalue weighted by Gasteiger charge is -2.09. The van der Waals surface area contributed by atoms with Crippen molar-refractivity contribution in [2.24, 2.45) is 0 Å². The highest BCUT2D eigenvalue weighted by atomic mass is 127. The van der Waals surface area contributed by atoms with Gasteiger partial charge in [0.1, 0.15) is 0 Å². The van der Waals surface area contributed by atoms with Gasteiger partial charge in [0.25, 0.3) is 0 Å². The van der Waals surface area contributed by atoms with E-state index in [-0.39, 0.29) is 7.43 Å². The second-order valence-corrected chi connectivity index (χ2v) is 22.1. The monoisotopic (exact) mass is 1150 g/mol. The molecule has 13 aromatic rings. The van der Waals surface area contributed by atoms with Crippen molar-refractivity contribution < 1.29 is 0 Å². The molecule has 6 heteroatoms. The van der Waals surface area contributed by atoms with Gasteiger partial charge in [0.2, 0.25) is 0 Å². The first-order chi connectivity index (χ1) is 32.9. The quantitative estimate of drug-likeness (QED) is 0.155. The van der Waals surface area contributed by atoms with Gasteiger partial charge in [-0.15, -0.1) is 22.7 Å². The second-order valence-electron chi connectivity index (χ2n) is 16.8. The molecule has 0 N–H and O–H groups in total. The molecule has 3 aromatic heterocycles. The van der Waals surface area contributed by atoms with Crippen LogP contribution in [-0.2, 0) is 6.42 Å². The summed E-state index contributed by atoms with van der Waals surface area (Å²) in [6.45, 7) is 0. The van der Waals surface area contributed by atoms with Crippen LogP contribution >= 0.6 is 77.1 Å². The first kappa shape index (κ1) is 44.6. The molecule has 14 rings (SSSR count). The van der Waals surface area contributed by atoms with Crippen LogP contribution in [-0.4, -0.2) is 4.57 Å². The first-order valence-corrected chi connectivity index (χ1v) is 26.5. The lowest BCUT2D eigenvalue weighted by atomic mass is 9.98. The van der Waals surface area contributed by atoms with Crippen molar-refractivity contribution in [3.8, 4) is 39.1 Å². The molecule has 0 atom stereocenters. The van der Waals surface area contributed by atoms with Crippen molar-refractivity contribution >= 4 is 139 Å². The summed E-state index contributed by atoms with van der Waals surface area (Å²) in [5, 5.41) is 7.93. The number of para-hydroxylation sites is 1. The fourth-order valence-electron chi connectivity index (χ4n) is 9.61. The summed E-state index contributed by atoms with van der Waals surface area (Å²) in [4.78, 5) is 0. The maximum absolute atomic E-state index is 3.67. The van der Waals surface area contributed by atoms with E-state index in [4.69, 9.17) is 0 Å². The zero-order valence-electron chi connectivity index (χ0n) is 35.9. The van der Waals surface area contributed by atoms with E-state index in [1.54, 1.807) is 0 Å². The topological polar surface area (TPSA) is 4.93 Å². The minimum Gasteiger partial charge on any atom is -0.309 e. The van der Waals surface area contributed by atoms with E-state index in [0.717, 1.165) is 15.4 Å². The van der Waals surface area contributed by atoms with E-state index >= 15 is 0 Å². The van der Waals surface area contributed by atoms with Gasteiger partial charge in [-0.3, -0.25) is 0 Å². The van der Waals surface area contributed by atoms with Crippen LogP contribution in [0.3, 0.4) is 0 Å². The van der Waals surface area contributed by atoms with E-state index in [9.17, 15) is 0 Å². The highest BCUT2D eigenvalue weighted by Crippen LogP contribution is 2.43. The maximum Gasteiger partial charge on any atom is 0.0552 e. The molecule has 0 saturated carbocycles. The molecule has 1 nitrogen and oxygen atoms in total. The standard InChI is InChI=1S/C30H18BrNS.C25H15BrS.C6H5I.CH4/c31-21-12-14-24-23-13-10-20(17-27(23)32(28(24)18-21)22-6-2-1-3-7-22)19-11-15-30-26(16-19)25-8-4-5-9-29(25)33-30;26-19-7-9-21-18(13-19)12-17-11-15(5-8-20(17)21)16-6-10-25-23(14-16)22-3-1-2-4-24(22)27-25;7-6-4-2-1-3-5-6;/h1-18H;1-11,13-14H,12H2;1-5H;1H4. The van der Waals surface area contributed by atoms with Crippen molar-refractivity contribution in [3.05, 3.63) is 242 Å². The number of hydrogen-bond donors (Lipinski definition) is 0. The minimum absolute atomic E-state index is 0. The Labute approximate surface area is 434 Å². The van der Waals surface area contributed by atoms with Crippen LogP contribution in [0.25, 0.3) is 101 Å². The molecule has 0 spiro atoms. The lowest BCUT2D eigenvalue weighted by molar-refractivity contribution is 1.18. The number of halogens is 3. The fourth-order valence-corrected chi connectivity index (χ4v) is 13.0. The molecule has 0 unspecified atom stereocenters. The Kier molecular flexibility index (Phi) is 12.4. The van der Waals surface area contributed by atoms with Crippen molar-refractivity contribution in [3.63, 3.8) is 0 Å². The van der Waals surface area contributed by atoms with Gasteiger partial charge in [-0.05, 0) is 165 Å². The normalized spacial score (nSPS) is 11.6. The number of fused-ring (bicyclic) bond motifs is 12. The average molecular weight is 1150 g/mol. The highest BCUT2D eigenvalue weighted by molar-refractivity contribution is 14.1. The molecular weight excluding hydrogens is 1110 g/mol. The summed E-state index contributed by atoms with van der Waals surface area (Å²) in [6.07, 6.45) is 1.02. The maximum atomic E-state index is 3.67.